The molecule has 3 aromatic rings. The Morgan fingerprint density at radius 1 is 1.00 bits per heavy atom. The first kappa shape index (κ1) is 31.9. The highest BCUT2D eigenvalue weighted by molar-refractivity contribution is 9.10. The minimum absolute atomic E-state index is 0.221. The number of halogens is 3. The summed E-state index contributed by atoms with van der Waals surface area (Å²) in [6.45, 7) is 3.31. The van der Waals surface area contributed by atoms with Gasteiger partial charge in [0.15, 0.2) is 12.7 Å². The van der Waals surface area contributed by atoms with Crippen molar-refractivity contribution in [3.63, 3.8) is 0 Å². The lowest BCUT2D eigenvalue weighted by Crippen LogP contribution is -2.50. The Bertz CT molecular complexity index is 1390. The van der Waals surface area contributed by atoms with Crippen LogP contribution in [-0.2, 0) is 25.5 Å². The number of nitrogens with one attached hydrogen (secondary N) is 2. The molecule has 2 amide bonds. The van der Waals surface area contributed by atoms with E-state index in [9.17, 15) is 14.4 Å². The summed E-state index contributed by atoms with van der Waals surface area (Å²) in [5.41, 5.74) is 3.97. The van der Waals surface area contributed by atoms with Crippen molar-refractivity contribution < 1.29 is 28.6 Å². The highest BCUT2D eigenvalue weighted by Gasteiger charge is 2.25. The monoisotopic (exact) mass is 663 g/mol. The molecule has 3 rings (SSSR count). The number of rotatable bonds is 13. The predicted molar refractivity (Wildman–Crippen MR) is 161 cm³/mol. The average Bonchev–Trinajstić information content (AvgIpc) is 2.94. The van der Waals surface area contributed by atoms with Crippen LogP contribution in [0.25, 0.3) is 0 Å². The van der Waals surface area contributed by atoms with Crippen molar-refractivity contribution in [2.75, 3.05) is 13.2 Å². The van der Waals surface area contributed by atoms with E-state index >= 15 is 0 Å². The maximum absolute atomic E-state index is 13.1. The summed E-state index contributed by atoms with van der Waals surface area (Å²) >= 11 is 15.5. The molecule has 0 saturated heterocycles. The first-order chi connectivity index (χ1) is 19.7. The van der Waals surface area contributed by atoms with E-state index in [1.165, 1.54) is 12.3 Å². The summed E-state index contributed by atoms with van der Waals surface area (Å²) in [4.78, 5) is 37.6. The van der Waals surface area contributed by atoms with Crippen molar-refractivity contribution in [1.82, 2.24) is 10.7 Å². The van der Waals surface area contributed by atoms with E-state index in [2.05, 4.69) is 31.8 Å². The van der Waals surface area contributed by atoms with Crippen molar-refractivity contribution >= 4 is 63.1 Å². The van der Waals surface area contributed by atoms with Crippen LogP contribution in [0.4, 0.5) is 0 Å². The summed E-state index contributed by atoms with van der Waals surface area (Å²) in [7, 11) is 0. The lowest BCUT2D eigenvalue weighted by Gasteiger charge is -2.21. The zero-order chi connectivity index (χ0) is 29.8. The first-order valence-corrected chi connectivity index (χ1v) is 14.1. The number of hydrazone groups is 1. The summed E-state index contributed by atoms with van der Waals surface area (Å²) in [5, 5.41) is 7.47. The Kier molecular flexibility index (Phi) is 12.5. The molecule has 0 aliphatic heterocycles. The van der Waals surface area contributed by atoms with Gasteiger partial charge < -0.3 is 19.5 Å². The van der Waals surface area contributed by atoms with Crippen LogP contribution in [0.15, 0.2) is 76.3 Å². The summed E-state index contributed by atoms with van der Waals surface area (Å²) in [5.74, 6) is -0.779. The lowest BCUT2D eigenvalue weighted by atomic mass is 10.1. The Balaban J connectivity index is 1.64. The largest absolute Gasteiger partial charge is 0.481 e. The van der Waals surface area contributed by atoms with Gasteiger partial charge in [0, 0.05) is 11.4 Å². The quantitative estimate of drug-likeness (QED) is 0.145. The average molecular weight is 665 g/mol. The van der Waals surface area contributed by atoms with E-state index in [-0.39, 0.29) is 30.4 Å². The third kappa shape index (κ3) is 10.4. The van der Waals surface area contributed by atoms with Crippen molar-refractivity contribution in [2.24, 2.45) is 5.10 Å². The molecule has 216 valence electrons. The van der Waals surface area contributed by atoms with Gasteiger partial charge in [0.2, 0.25) is 0 Å². The molecule has 0 aliphatic carbocycles. The molecule has 0 radical (unpaired) electrons. The fraction of sp³-hybridized carbons (Fsp3) is 0.241. The van der Waals surface area contributed by atoms with E-state index in [4.69, 9.17) is 37.4 Å². The zero-order valence-corrected chi connectivity index (χ0v) is 25.3. The van der Waals surface area contributed by atoms with Gasteiger partial charge in [0.05, 0.1) is 22.3 Å². The molecule has 0 spiro atoms. The van der Waals surface area contributed by atoms with Crippen LogP contribution in [0.5, 0.6) is 11.5 Å². The van der Waals surface area contributed by atoms with Crippen molar-refractivity contribution in [3.05, 3.63) is 92.4 Å². The number of carbonyl (C=O) groups excluding carboxylic acids is 3. The SMILES string of the molecule is CCOC(=O)COc1ccc(/C=N\NC(=O)[C@@H](Cc2ccccc2)NC(=O)[C@@H](C)Oc2ccc(Cl)cc2Cl)cc1Br. The fourth-order valence-electron chi connectivity index (χ4n) is 3.47. The van der Waals surface area contributed by atoms with Gasteiger partial charge in [0.25, 0.3) is 11.8 Å². The standard InChI is InChI=1S/C29H28BrCl2N3O6/c1-3-39-27(36)17-40-25-11-9-20(13-22(25)30)16-33-35-29(38)24(14-19-7-5-4-6-8-19)34-28(37)18(2)41-26-12-10-21(31)15-23(26)32/h4-13,15-16,18,24H,3,14,17H2,1-2H3,(H,34,37)(H,35,38)/b33-16-/t18-,24-/m1/s1. The maximum Gasteiger partial charge on any atom is 0.344 e. The van der Waals surface area contributed by atoms with Crippen molar-refractivity contribution in [1.29, 1.82) is 0 Å². The lowest BCUT2D eigenvalue weighted by molar-refractivity contribution is -0.145. The molecule has 0 aliphatic rings. The second-order valence-electron chi connectivity index (χ2n) is 8.60. The smallest absolute Gasteiger partial charge is 0.344 e. The number of hydrogen-bond donors (Lipinski definition) is 2. The molecular formula is C29H28BrCl2N3O6. The summed E-state index contributed by atoms with van der Waals surface area (Å²) in [6.07, 6.45) is 0.707. The van der Waals surface area contributed by atoms with E-state index in [0.717, 1.165) is 5.56 Å². The third-order valence-electron chi connectivity index (χ3n) is 5.48. The topological polar surface area (TPSA) is 115 Å². The van der Waals surface area contributed by atoms with Crippen LogP contribution < -0.4 is 20.2 Å². The van der Waals surface area contributed by atoms with Crippen LogP contribution in [-0.4, -0.2) is 49.4 Å². The second-order valence-corrected chi connectivity index (χ2v) is 10.3. The van der Waals surface area contributed by atoms with Gasteiger partial charge in [-0.2, -0.15) is 5.10 Å². The minimum atomic E-state index is -0.954. The van der Waals surface area contributed by atoms with E-state index < -0.39 is 29.9 Å². The van der Waals surface area contributed by atoms with Crippen LogP contribution in [0.3, 0.4) is 0 Å². The van der Waals surface area contributed by atoms with Crippen LogP contribution in [0.2, 0.25) is 10.0 Å². The molecule has 0 aromatic heterocycles. The van der Waals surface area contributed by atoms with E-state index in [1.54, 1.807) is 44.2 Å². The molecule has 12 heteroatoms. The van der Waals surface area contributed by atoms with Gasteiger partial charge in [-0.1, -0.05) is 53.5 Å². The zero-order valence-electron chi connectivity index (χ0n) is 22.2. The highest BCUT2D eigenvalue weighted by atomic mass is 79.9. The van der Waals surface area contributed by atoms with Gasteiger partial charge >= 0.3 is 5.97 Å². The third-order valence-corrected chi connectivity index (χ3v) is 6.63. The van der Waals surface area contributed by atoms with Gasteiger partial charge in [-0.05, 0) is 77.3 Å². The number of esters is 1. The molecule has 9 nitrogen and oxygen atoms in total. The molecule has 0 fully saturated rings. The van der Waals surface area contributed by atoms with Crippen molar-refractivity contribution in [3.8, 4) is 11.5 Å². The molecular weight excluding hydrogens is 637 g/mol. The van der Waals surface area contributed by atoms with Gasteiger partial charge in [0.1, 0.15) is 17.5 Å². The molecule has 2 atom stereocenters. The van der Waals surface area contributed by atoms with Gasteiger partial charge in [-0.25, -0.2) is 10.2 Å². The Labute approximate surface area is 256 Å². The van der Waals surface area contributed by atoms with Crippen LogP contribution in [0, 0.1) is 0 Å². The van der Waals surface area contributed by atoms with E-state index in [0.29, 0.717) is 20.8 Å². The van der Waals surface area contributed by atoms with E-state index in [1.807, 2.05) is 30.3 Å². The number of hydrogen-bond acceptors (Lipinski definition) is 7. The number of nitrogens with zero attached hydrogens (tertiary/aromatic N) is 1. The Morgan fingerprint density at radius 3 is 2.41 bits per heavy atom. The van der Waals surface area contributed by atoms with Crippen LogP contribution in [0.1, 0.15) is 25.0 Å². The minimum Gasteiger partial charge on any atom is -0.481 e. The Morgan fingerprint density at radius 2 is 1.73 bits per heavy atom. The normalized spacial score (nSPS) is 12.3. The molecule has 3 aromatic carbocycles. The first-order valence-electron chi connectivity index (χ1n) is 12.5. The number of benzene rings is 3. The fourth-order valence-corrected chi connectivity index (χ4v) is 4.43. The van der Waals surface area contributed by atoms with Gasteiger partial charge in [-0.15, -0.1) is 0 Å². The number of amides is 2. The molecule has 0 unspecified atom stereocenters. The summed E-state index contributed by atoms with van der Waals surface area (Å²) < 4.78 is 16.6. The van der Waals surface area contributed by atoms with Gasteiger partial charge in [-0.3, -0.25) is 9.59 Å². The summed E-state index contributed by atoms with van der Waals surface area (Å²) in [6, 6.07) is 18.0. The highest BCUT2D eigenvalue weighted by Crippen LogP contribution is 2.28. The molecule has 0 heterocycles. The molecule has 0 bridgehead atoms. The number of carbonyl (C=O) groups is 3. The predicted octanol–water partition coefficient (Wildman–Crippen LogP) is 5.34. The molecule has 41 heavy (non-hydrogen) atoms. The maximum atomic E-state index is 13.1. The van der Waals surface area contributed by atoms with Crippen LogP contribution >= 0.6 is 39.1 Å². The molecule has 0 saturated carbocycles. The second kappa shape index (κ2) is 16.0. The molecule has 2 N–H and O–H groups in total. The van der Waals surface area contributed by atoms with Crippen molar-refractivity contribution in [2.45, 2.75) is 32.4 Å². The Hall–Kier alpha value is -3.60. The number of ether oxygens (including phenoxy) is 3.